The Hall–Kier alpha value is -2.45. The molecule has 1 aromatic heterocycles. The summed E-state index contributed by atoms with van der Waals surface area (Å²) in [7, 11) is -0.248. The normalized spacial score (nSPS) is 19.4. The Morgan fingerprint density at radius 3 is 2.50 bits per heavy atom. The molecule has 1 aliphatic heterocycles. The van der Waals surface area contributed by atoms with Crippen molar-refractivity contribution in [3.63, 3.8) is 0 Å². The number of ether oxygens (including phenoxy) is 2. The number of carbonyl (C=O) groups excluding carboxylic acids is 1. The summed E-state index contributed by atoms with van der Waals surface area (Å²) >= 11 is 6.26. The molecule has 0 radical (unpaired) electrons. The molecule has 222 valence electrons. The zero-order valence-electron chi connectivity index (χ0n) is 22.7. The number of ketones is 1. The van der Waals surface area contributed by atoms with Crippen molar-refractivity contribution >= 4 is 34.1 Å². The molecule has 0 aliphatic carbocycles. The van der Waals surface area contributed by atoms with Crippen molar-refractivity contribution in [2.45, 2.75) is 62.6 Å². The van der Waals surface area contributed by atoms with Crippen LogP contribution in [0.3, 0.4) is 0 Å². The zero-order valence-corrected chi connectivity index (χ0v) is 24.3. The number of hydrogen-bond donors (Lipinski definition) is 4. The Morgan fingerprint density at radius 1 is 1.25 bits per heavy atom. The number of nitrogens with zero attached hydrogens (tertiary/aromatic N) is 1. The highest BCUT2D eigenvalue weighted by Gasteiger charge is 2.57. The van der Waals surface area contributed by atoms with Crippen LogP contribution in [0.25, 0.3) is 0 Å². The zero-order chi connectivity index (χ0) is 30.1. The number of aliphatic hydroxyl groups excluding tert-OH is 1. The van der Waals surface area contributed by atoms with Gasteiger partial charge < -0.3 is 25.0 Å². The second-order valence-corrected chi connectivity index (χ2v) is 12.9. The monoisotopic (exact) mass is 607 g/mol. The van der Waals surface area contributed by atoms with E-state index in [0.717, 1.165) is 6.07 Å². The van der Waals surface area contributed by atoms with Crippen molar-refractivity contribution in [3.05, 3.63) is 46.2 Å². The number of fused-ring (bicyclic) bond motifs is 1. The second-order valence-electron chi connectivity index (χ2n) is 10.6. The first-order valence-electron chi connectivity index (χ1n) is 12.4. The molecule has 40 heavy (non-hydrogen) atoms. The molecule has 0 spiro atoms. The molecule has 0 bridgehead atoms. The molecular formula is C26H33ClF3N3O6S. The fourth-order valence-corrected chi connectivity index (χ4v) is 5.27. The van der Waals surface area contributed by atoms with Crippen molar-refractivity contribution in [2.75, 3.05) is 32.2 Å². The van der Waals surface area contributed by atoms with Crippen molar-refractivity contribution in [2.24, 2.45) is 0 Å². The van der Waals surface area contributed by atoms with Crippen molar-refractivity contribution in [1.82, 2.24) is 9.71 Å². The van der Waals surface area contributed by atoms with Crippen LogP contribution in [0.1, 0.15) is 62.2 Å². The minimum absolute atomic E-state index is 0.0190. The molecule has 2 heterocycles. The van der Waals surface area contributed by atoms with Gasteiger partial charge in [0.15, 0.2) is 22.4 Å². The predicted molar refractivity (Wildman–Crippen MR) is 145 cm³/mol. The van der Waals surface area contributed by atoms with Crippen LogP contribution in [-0.4, -0.2) is 63.0 Å². The average Bonchev–Trinajstić information content (AvgIpc) is 3.20. The molecule has 3 atom stereocenters. The van der Waals surface area contributed by atoms with Gasteiger partial charge in [-0.25, -0.2) is 13.9 Å². The summed E-state index contributed by atoms with van der Waals surface area (Å²) in [5, 5.41) is 22.7. The molecule has 1 aromatic carbocycles. The van der Waals surface area contributed by atoms with Gasteiger partial charge in [-0.2, -0.15) is 13.2 Å². The van der Waals surface area contributed by atoms with Crippen LogP contribution in [0.15, 0.2) is 24.3 Å². The van der Waals surface area contributed by atoms with E-state index in [4.69, 9.17) is 26.2 Å². The number of aliphatic hydroxyl groups is 2. The smallest absolute Gasteiger partial charge is 0.422 e. The number of aromatic nitrogens is 1. The van der Waals surface area contributed by atoms with Crippen LogP contribution in [0.5, 0.6) is 11.5 Å². The minimum atomic E-state index is -5.21. The molecular weight excluding hydrogens is 575 g/mol. The number of alkyl halides is 3. The van der Waals surface area contributed by atoms with E-state index in [0.29, 0.717) is 0 Å². The van der Waals surface area contributed by atoms with Gasteiger partial charge in [0.2, 0.25) is 5.60 Å². The van der Waals surface area contributed by atoms with Gasteiger partial charge in [0, 0.05) is 24.1 Å². The van der Waals surface area contributed by atoms with Crippen molar-refractivity contribution in [1.29, 1.82) is 0 Å². The lowest BCUT2D eigenvalue weighted by molar-refractivity contribution is -0.270. The highest BCUT2D eigenvalue weighted by Crippen LogP contribution is 2.47. The molecule has 2 aromatic rings. The number of methoxy groups -OCH3 is 1. The number of benzene rings is 1. The van der Waals surface area contributed by atoms with E-state index in [-0.39, 0.29) is 53.2 Å². The number of anilines is 1. The lowest BCUT2D eigenvalue weighted by Crippen LogP contribution is -2.48. The molecule has 14 heteroatoms. The summed E-state index contributed by atoms with van der Waals surface area (Å²) in [5.41, 5.74) is -4.81. The van der Waals surface area contributed by atoms with E-state index in [2.05, 4.69) is 15.0 Å². The van der Waals surface area contributed by atoms with E-state index in [9.17, 15) is 27.3 Å². The standard InChI is InChI=1S/C26H33ClF3N3O6S/c1-23(2,3)40(37)33-24(4)14-31-21-16(24)13-20(32-22(21)27)25(36,26(28,29)30)9-8-17(35)15-6-7-18(39-11-10-34)19(12-15)38-5/h6-7,12-13,31,33-34,36H,8-11,14H2,1-5H3/t24-,25-,40?/m1/s1. The maximum Gasteiger partial charge on any atom is 0.422 e. The highest BCUT2D eigenvalue weighted by atomic mass is 35.5. The Morgan fingerprint density at radius 2 is 1.93 bits per heavy atom. The molecule has 0 saturated heterocycles. The van der Waals surface area contributed by atoms with Gasteiger partial charge in [-0.3, -0.25) is 4.79 Å². The molecule has 9 nitrogen and oxygen atoms in total. The highest BCUT2D eigenvalue weighted by molar-refractivity contribution is 7.84. The summed E-state index contributed by atoms with van der Waals surface area (Å²) in [6, 6.07) is 5.15. The summed E-state index contributed by atoms with van der Waals surface area (Å²) in [5.74, 6) is -0.283. The summed E-state index contributed by atoms with van der Waals surface area (Å²) in [6.45, 7) is 6.80. The summed E-state index contributed by atoms with van der Waals surface area (Å²) in [4.78, 5) is 16.8. The van der Waals surface area contributed by atoms with Gasteiger partial charge in [-0.1, -0.05) is 11.6 Å². The number of hydrogen-bond acceptors (Lipinski definition) is 8. The third-order valence-electron chi connectivity index (χ3n) is 6.50. The predicted octanol–water partition coefficient (Wildman–Crippen LogP) is 4.22. The van der Waals surface area contributed by atoms with Gasteiger partial charge in [0.1, 0.15) is 6.61 Å². The molecule has 0 fully saturated rings. The van der Waals surface area contributed by atoms with Gasteiger partial charge in [-0.05, 0) is 58.4 Å². The van der Waals surface area contributed by atoms with Crippen LogP contribution >= 0.6 is 11.6 Å². The van der Waals surface area contributed by atoms with Gasteiger partial charge in [0.25, 0.3) is 0 Å². The molecule has 0 saturated carbocycles. The topological polar surface area (TPSA) is 130 Å². The quantitative estimate of drug-likeness (QED) is 0.221. The van der Waals surface area contributed by atoms with E-state index >= 15 is 0 Å². The van der Waals surface area contributed by atoms with Crippen LogP contribution in [0.4, 0.5) is 18.9 Å². The largest absolute Gasteiger partial charge is 0.493 e. The second kappa shape index (κ2) is 11.8. The van der Waals surface area contributed by atoms with Gasteiger partial charge >= 0.3 is 6.18 Å². The molecule has 1 aliphatic rings. The molecule has 4 N–H and O–H groups in total. The van der Waals surface area contributed by atoms with Gasteiger partial charge in [-0.15, -0.1) is 0 Å². The molecule has 1 unspecified atom stereocenters. The first-order chi connectivity index (χ1) is 18.5. The van der Waals surface area contributed by atoms with Gasteiger partial charge in [0.05, 0.1) is 46.4 Å². The molecule has 3 rings (SSSR count). The Balaban J connectivity index is 1.94. The number of pyridine rings is 1. The molecule has 0 amide bonds. The number of rotatable bonds is 11. The average molecular weight is 608 g/mol. The summed E-state index contributed by atoms with van der Waals surface area (Å²) in [6.07, 6.45) is -6.93. The maximum absolute atomic E-state index is 14.4. The fraction of sp³-hybridized carbons (Fsp3) is 0.538. The first kappa shape index (κ1) is 32.1. The SMILES string of the molecule is COc1cc(C(=O)CC[C@@](O)(c2cc3c(c(Cl)n2)NC[C@@]3(C)NS(=O)C(C)(C)C)C(F)(F)F)ccc1OCCO. The maximum atomic E-state index is 14.4. The number of halogens is 4. The number of carbonyl (C=O) groups is 1. The van der Waals surface area contributed by atoms with Crippen molar-refractivity contribution < 1.29 is 41.9 Å². The third kappa shape index (κ3) is 6.54. The number of Topliss-reactive ketones (excluding diaryl/α,β-unsaturated/α-hetero) is 1. The van der Waals surface area contributed by atoms with E-state index in [1.807, 2.05) is 0 Å². The van der Waals surface area contributed by atoms with Crippen LogP contribution in [-0.2, 0) is 22.1 Å². The van der Waals surface area contributed by atoms with E-state index in [1.165, 1.54) is 25.3 Å². The Labute approximate surface area is 238 Å². The number of nitrogens with one attached hydrogen (secondary N) is 2. The fourth-order valence-electron chi connectivity index (χ4n) is 4.11. The van der Waals surface area contributed by atoms with Crippen LogP contribution in [0.2, 0.25) is 5.15 Å². The summed E-state index contributed by atoms with van der Waals surface area (Å²) < 4.78 is 68.8. The lowest BCUT2D eigenvalue weighted by atomic mass is 9.87. The van der Waals surface area contributed by atoms with Crippen LogP contribution in [0, 0.1) is 0 Å². The van der Waals surface area contributed by atoms with Crippen LogP contribution < -0.4 is 19.5 Å². The van der Waals surface area contributed by atoms with Crippen molar-refractivity contribution in [3.8, 4) is 11.5 Å². The Kier molecular flexibility index (Phi) is 9.47. The minimum Gasteiger partial charge on any atom is -0.493 e. The Bertz CT molecular complexity index is 1290. The third-order valence-corrected chi connectivity index (χ3v) is 8.53. The van der Waals surface area contributed by atoms with E-state index < -0.39 is 57.4 Å². The first-order valence-corrected chi connectivity index (χ1v) is 13.9. The lowest BCUT2D eigenvalue weighted by Gasteiger charge is -2.32. The van der Waals surface area contributed by atoms with E-state index in [1.54, 1.807) is 27.7 Å².